The van der Waals surface area contributed by atoms with Crippen LogP contribution < -0.4 is 11.1 Å². The zero-order valence-electron chi connectivity index (χ0n) is 7.64. The molecule has 1 unspecified atom stereocenters. The van der Waals surface area contributed by atoms with Crippen molar-refractivity contribution in [2.75, 3.05) is 13.1 Å². The SMILES string of the molecule is CC(C)C(N)CNCC1CC1. The zero-order chi connectivity index (χ0) is 8.27. The Hall–Kier alpha value is -0.0800. The van der Waals surface area contributed by atoms with Crippen molar-refractivity contribution < 1.29 is 0 Å². The molecular weight excluding hydrogens is 136 g/mol. The molecule has 1 aliphatic rings. The van der Waals surface area contributed by atoms with Crippen LogP contribution in [0, 0.1) is 11.8 Å². The maximum Gasteiger partial charge on any atom is 0.0188 e. The van der Waals surface area contributed by atoms with Crippen LogP contribution in [0.4, 0.5) is 0 Å². The molecule has 1 aliphatic carbocycles. The number of nitrogens with one attached hydrogen (secondary N) is 1. The number of hydrogen-bond acceptors (Lipinski definition) is 2. The Kier molecular flexibility index (Phi) is 3.34. The van der Waals surface area contributed by atoms with Gasteiger partial charge in [0.2, 0.25) is 0 Å². The van der Waals surface area contributed by atoms with Gasteiger partial charge in [-0.2, -0.15) is 0 Å². The van der Waals surface area contributed by atoms with Crippen molar-refractivity contribution in [3.05, 3.63) is 0 Å². The standard InChI is InChI=1S/C9H20N2/c1-7(2)9(10)6-11-5-8-3-4-8/h7-9,11H,3-6,10H2,1-2H3. The molecule has 0 spiro atoms. The minimum atomic E-state index is 0.328. The van der Waals surface area contributed by atoms with Crippen LogP contribution in [-0.4, -0.2) is 19.1 Å². The fourth-order valence-corrected chi connectivity index (χ4v) is 1.01. The molecule has 0 aliphatic heterocycles. The van der Waals surface area contributed by atoms with E-state index in [-0.39, 0.29) is 0 Å². The molecule has 0 aromatic heterocycles. The second kappa shape index (κ2) is 4.07. The summed E-state index contributed by atoms with van der Waals surface area (Å²) in [6.45, 7) is 6.50. The number of nitrogens with two attached hydrogens (primary N) is 1. The van der Waals surface area contributed by atoms with E-state index in [1.165, 1.54) is 19.4 Å². The van der Waals surface area contributed by atoms with Gasteiger partial charge in [0.25, 0.3) is 0 Å². The van der Waals surface area contributed by atoms with E-state index in [4.69, 9.17) is 5.73 Å². The topological polar surface area (TPSA) is 38.0 Å². The molecule has 0 bridgehead atoms. The zero-order valence-corrected chi connectivity index (χ0v) is 7.64. The third-order valence-corrected chi connectivity index (χ3v) is 2.37. The van der Waals surface area contributed by atoms with Crippen LogP contribution in [0.1, 0.15) is 26.7 Å². The van der Waals surface area contributed by atoms with E-state index in [1.54, 1.807) is 0 Å². The van der Waals surface area contributed by atoms with Gasteiger partial charge in [-0.05, 0) is 31.2 Å². The summed E-state index contributed by atoms with van der Waals surface area (Å²) in [6.07, 6.45) is 2.84. The predicted octanol–water partition coefficient (Wildman–Crippen LogP) is 0.969. The third-order valence-electron chi connectivity index (χ3n) is 2.37. The molecule has 0 radical (unpaired) electrons. The molecule has 66 valence electrons. The van der Waals surface area contributed by atoms with E-state index >= 15 is 0 Å². The molecule has 0 heterocycles. The molecule has 0 aromatic rings. The van der Waals surface area contributed by atoms with Crippen LogP contribution in [0.5, 0.6) is 0 Å². The Morgan fingerprint density at radius 3 is 2.55 bits per heavy atom. The number of hydrogen-bond donors (Lipinski definition) is 2. The van der Waals surface area contributed by atoms with Crippen LogP contribution in [0.3, 0.4) is 0 Å². The van der Waals surface area contributed by atoms with Gasteiger partial charge in [0, 0.05) is 12.6 Å². The quantitative estimate of drug-likeness (QED) is 0.622. The molecule has 3 N–H and O–H groups in total. The Morgan fingerprint density at radius 1 is 1.45 bits per heavy atom. The summed E-state index contributed by atoms with van der Waals surface area (Å²) in [6, 6.07) is 0.328. The molecule has 0 saturated heterocycles. The van der Waals surface area contributed by atoms with Crippen molar-refractivity contribution in [3.8, 4) is 0 Å². The minimum absolute atomic E-state index is 0.328. The maximum absolute atomic E-state index is 5.86. The second-order valence-electron chi connectivity index (χ2n) is 4.01. The fourth-order valence-electron chi connectivity index (χ4n) is 1.01. The third kappa shape index (κ3) is 3.73. The first-order valence-electron chi connectivity index (χ1n) is 4.66. The molecule has 1 saturated carbocycles. The summed E-state index contributed by atoms with van der Waals surface area (Å²) in [5, 5.41) is 3.40. The van der Waals surface area contributed by atoms with Gasteiger partial charge in [-0.1, -0.05) is 13.8 Å². The number of rotatable bonds is 5. The lowest BCUT2D eigenvalue weighted by atomic mass is 10.1. The summed E-state index contributed by atoms with van der Waals surface area (Å²) in [5.41, 5.74) is 5.86. The summed E-state index contributed by atoms with van der Waals surface area (Å²) in [5.74, 6) is 1.57. The van der Waals surface area contributed by atoms with E-state index < -0.39 is 0 Å². The highest BCUT2D eigenvalue weighted by Crippen LogP contribution is 2.27. The first-order chi connectivity index (χ1) is 5.20. The molecule has 1 fully saturated rings. The van der Waals surface area contributed by atoms with Gasteiger partial charge in [0.05, 0.1) is 0 Å². The van der Waals surface area contributed by atoms with Gasteiger partial charge in [0.1, 0.15) is 0 Å². The predicted molar refractivity (Wildman–Crippen MR) is 48.4 cm³/mol. The van der Waals surface area contributed by atoms with Crippen molar-refractivity contribution in [1.29, 1.82) is 0 Å². The lowest BCUT2D eigenvalue weighted by Crippen LogP contribution is -2.38. The summed E-state index contributed by atoms with van der Waals surface area (Å²) in [4.78, 5) is 0. The summed E-state index contributed by atoms with van der Waals surface area (Å²) >= 11 is 0. The highest BCUT2D eigenvalue weighted by Gasteiger charge is 2.20. The Morgan fingerprint density at radius 2 is 2.09 bits per heavy atom. The van der Waals surface area contributed by atoms with Crippen LogP contribution in [0.2, 0.25) is 0 Å². The van der Waals surface area contributed by atoms with Crippen LogP contribution in [-0.2, 0) is 0 Å². The lowest BCUT2D eigenvalue weighted by molar-refractivity contribution is 0.454. The van der Waals surface area contributed by atoms with Crippen molar-refractivity contribution >= 4 is 0 Å². The first-order valence-corrected chi connectivity index (χ1v) is 4.66. The highest BCUT2D eigenvalue weighted by molar-refractivity contribution is 4.77. The van der Waals surface area contributed by atoms with Gasteiger partial charge in [0.15, 0.2) is 0 Å². The molecular formula is C9H20N2. The maximum atomic E-state index is 5.86. The van der Waals surface area contributed by atoms with E-state index in [2.05, 4.69) is 19.2 Å². The van der Waals surface area contributed by atoms with Gasteiger partial charge < -0.3 is 11.1 Å². The summed E-state index contributed by atoms with van der Waals surface area (Å²) < 4.78 is 0. The normalized spacial score (nSPS) is 20.7. The molecule has 1 atom stereocenters. The van der Waals surface area contributed by atoms with Gasteiger partial charge >= 0.3 is 0 Å². The monoisotopic (exact) mass is 156 g/mol. The molecule has 11 heavy (non-hydrogen) atoms. The van der Waals surface area contributed by atoms with Crippen LogP contribution >= 0.6 is 0 Å². The van der Waals surface area contributed by atoms with E-state index in [0.29, 0.717) is 12.0 Å². The minimum Gasteiger partial charge on any atom is -0.326 e. The lowest BCUT2D eigenvalue weighted by Gasteiger charge is -2.15. The Balaban J connectivity index is 1.92. The van der Waals surface area contributed by atoms with Gasteiger partial charge in [-0.15, -0.1) is 0 Å². The molecule has 0 aromatic carbocycles. The Bertz CT molecular complexity index is 108. The van der Waals surface area contributed by atoms with Gasteiger partial charge in [-0.3, -0.25) is 0 Å². The average molecular weight is 156 g/mol. The van der Waals surface area contributed by atoms with E-state index in [0.717, 1.165) is 12.5 Å². The average Bonchev–Trinajstić information content (AvgIpc) is 2.71. The summed E-state index contributed by atoms with van der Waals surface area (Å²) in [7, 11) is 0. The van der Waals surface area contributed by atoms with E-state index in [9.17, 15) is 0 Å². The van der Waals surface area contributed by atoms with Gasteiger partial charge in [-0.25, -0.2) is 0 Å². The van der Waals surface area contributed by atoms with Crippen molar-refractivity contribution in [3.63, 3.8) is 0 Å². The Labute approximate surface area is 69.5 Å². The molecule has 2 heteroatoms. The largest absolute Gasteiger partial charge is 0.326 e. The second-order valence-corrected chi connectivity index (χ2v) is 4.01. The fraction of sp³-hybridized carbons (Fsp3) is 1.00. The smallest absolute Gasteiger partial charge is 0.0188 e. The highest BCUT2D eigenvalue weighted by atomic mass is 14.9. The van der Waals surface area contributed by atoms with Crippen molar-refractivity contribution in [2.24, 2.45) is 17.6 Å². The van der Waals surface area contributed by atoms with Crippen LogP contribution in [0.15, 0.2) is 0 Å². The van der Waals surface area contributed by atoms with Crippen molar-refractivity contribution in [1.82, 2.24) is 5.32 Å². The first kappa shape index (κ1) is 9.01. The van der Waals surface area contributed by atoms with E-state index in [1.807, 2.05) is 0 Å². The van der Waals surface area contributed by atoms with Crippen molar-refractivity contribution in [2.45, 2.75) is 32.7 Å². The van der Waals surface area contributed by atoms with Crippen LogP contribution in [0.25, 0.3) is 0 Å². The molecule has 0 amide bonds. The molecule has 1 rings (SSSR count). The molecule has 2 nitrogen and oxygen atoms in total.